The number of nitrogens with zero attached hydrogens (tertiary/aromatic N) is 2. The van der Waals surface area contributed by atoms with Crippen LogP contribution in [-0.2, 0) is 17.8 Å². The van der Waals surface area contributed by atoms with Crippen LogP contribution in [0, 0.1) is 17.6 Å². The number of benzene rings is 1. The van der Waals surface area contributed by atoms with E-state index in [1.165, 1.54) is 24.4 Å². The van der Waals surface area contributed by atoms with E-state index in [1.54, 1.807) is 11.5 Å². The Morgan fingerprint density at radius 2 is 1.93 bits per heavy atom. The average molecular weight is 446 g/mol. The van der Waals surface area contributed by atoms with E-state index in [2.05, 4.69) is 9.88 Å². The van der Waals surface area contributed by atoms with Gasteiger partial charge in [-0.25, -0.2) is 14.3 Å². The van der Waals surface area contributed by atoms with Crippen LogP contribution in [0.5, 0.6) is 0 Å². The highest BCUT2D eigenvalue weighted by Crippen LogP contribution is 2.27. The number of rotatable bonds is 10. The molecule has 1 aromatic carbocycles. The molecule has 1 heterocycles. The summed E-state index contributed by atoms with van der Waals surface area (Å²) in [6.45, 7) is 1.36. The molecule has 0 fully saturated rings. The molecule has 1 amide bonds. The summed E-state index contributed by atoms with van der Waals surface area (Å²) in [5.41, 5.74) is 3.08. The van der Waals surface area contributed by atoms with Gasteiger partial charge >= 0.3 is 0 Å². The molecule has 2 N–H and O–H groups in total. The predicted molar refractivity (Wildman–Crippen MR) is 108 cm³/mol. The summed E-state index contributed by atoms with van der Waals surface area (Å²) < 4.78 is 26.5. The van der Waals surface area contributed by atoms with Crippen molar-refractivity contribution >= 4 is 29.1 Å². The van der Waals surface area contributed by atoms with E-state index in [-0.39, 0.29) is 22.3 Å². The minimum Gasteiger partial charge on any atom is -0.301 e. The molecule has 2 rings (SSSR count). The van der Waals surface area contributed by atoms with Gasteiger partial charge in [-0.3, -0.25) is 15.0 Å². The molecule has 0 aliphatic heterocycles. The zero-order chi connectivity index (χ0) is 21.4. The number of hydrogen-bond acceptors (Lipinski definition) is 4. The molecule has 0 unspecified atom stereocenters. The minimum atomic E-state index is -0.695. The largest absolute Gasteiger partial charge is 0.301 e. The SMILES string of the molecule is CN(CCCC[C@@H](Cc1cc(Cl)c(F)c(Cl)c1)C(=O)NO)Cc1ccc(F)cn1. The number of nitrogens with one attached hydrogen (secondary N) is 1. The van der Waals surface area contributed by atoms with Crippen molar-refractivity contribution in [1.82, 2.24) is 15.4 Å². The summed E-state index contributed by atoms with van der Waals surface area (Å²) >= 11 is 11.6. The second-order valence-electron chi connectivity index (χ2n) is 6.95. The second-order valence-corrected chi connectivity index (χ2v) is 7.77. The van der Waals surface area contributed by atoms with Gasteiger partial charge in [0.1, 0.15) is 5.82 Å². The quantitative estimate of drug-likeness (QED) is 0.242. The molecular weight excluding hydrogens is 423 g/mol. The van der Waals surface area contributed by atoms with Crippen LogP contribution in [0.1, 0.15) is 30.5 Å². The monoisotopic (exact) mass is 445 g/mol. The van der Waals surface area contributed by atoms with Gasteiger partial charge in [-0.15, -0.1) is 0 Å². The summed E-state index contributed by atoms with van der Waals surface area (Å²) in [4.78, 5) is 18.1. The lowest BCUT2D eigenvalue weighted by Crippen LogP contribution is -2.29. The Morgan fingerprint density at radius 1 is 1.24 bits per heavy atom. The van der Waals surface area contributed by atoms with Crippen LogP contribution >= 0.6 is 23.2 Å². The maximum atomic E-state index is 13.6. The first kappa shape index (κ1) is 23.5. The van der Waals surface area contributed by atoms with Gasteiger partial charge in [0, 0.05) is 12.5 Å². The average Bonchev–Trinajstić information content (AvgIpc) is 2.69. The van der Waals surface area contributed by atoms with E-state index in [1.807, 2.05) is 7.05 Å². The van der Waals surface area contributed by atoms with Crippen LogP contribution in [0.15, 0.2) is 30.5 Å². The first-order valence-corrected chi connectivity index (χ1v) is 9.92. The van der Waals surface area contributed by atoms with Crippen LogP contribution in [0.2, 0.25) is 10.0 Å². The number of unbranched alkanes of at least 4 members (excludes halogenated alkanes) is 1. The van der Waals surface area contributed by atoms with Crippen LogP contribution in [0.3, 0.4) is 0 Å². The Morgan fingerprint density at radius 3 is 2.52 bits per heavy atom. The lowest BCUT2D eigenvalue weighted by molar-refractivity contribution is -0.133. The fourth-order valence-corrected chi connectivity index (χ4v) is 3.59. The second kappa shape index (κ2) is 11.4. The summed E-state index contributed by atoms with van der Waals surface area (Å²) in [6, 6.07) is 5.89. The number of carbonyl (C=O) groups excluding carboxylic acids is 1. The number of hydrogen-bond donors (Lipinski definition) is 2. The topological polar surface area (TPSA) is 65.5 Å². The molecule has 0 saturated carbocycles. The van der Waals surface area contributed by atoms with Gasteiger partial charge in [0.05, 0.1) is 21.9 Å². The Hall–Kier alpha value is -1.80. The highest BCUT2D eigenvalue weighted by Gasteiger charge is 2.20. The van der Waals surface area contributed by atoms with Crippen molar-refractivity contribution in [3.8, 4) is 0 Å². The first-order chi connectivity index (χ1) is 13.8. The number of pyridine rings is 1. The molecule has 0 aliphatic rings. The zero-order valence-electron chi connectivity index (χ0n) is 16.0. The molecule has 1 atom stereocenters. The van der Waals surface area contributed by atoms with Gasteiger partial charge in [0.2, 0.25) is 5.91 Å². The van der Waals surface area contributed by atoms with Gasteiger partial charge < -0.3 is 4.90 Å². The number of carbonyl (C=O) groups is 1. The van der Waals surface area contributed by atoms with E-state index in [4.69, 9.17) is 28.4 Å². The zero-order valence-corrected chi connectivity index (χ0v) is 17.5. The Labute approximate surface area is 178 Å². The molecule has 0 aliphatic carbocycles. The molecule has 158 valence electrons. The standard InChI is InChI=1S/C20H23Cl2F2N3O2/c1-27(12-16-6-5-15(23)11-25-16)7-3-2-4-14(20(28)26-29)8-13-9-17(21)19(24)18(22)10-13/h5-6,9-11,14,29H,2-4,7-8,12H2,1H3,(H,26,28)/t14-/m0/s1. The molecular formula is C20H23Cl2F2N3O2. The van der Waals surface area contributed by atoms with Crippen molar-refractivity contribution in [2.45, 2.75) is 32.2 Å². The van der Waals surface area contributed by atoms with Crippen molar-refractivity contribution in [2.24, 2.45) is 5.92 Å². The Kier molecular flexibility index (Phi) is 9.23. The van der Waals surface area contributed by atoms with Crippen LogP contribution in [0.25, 0.3) is 0 Å². The minimum absolute atomic E-state index is 0.105. The van der Waals surface area contributed by atoms with E-state index < -0.39 is 17.6 Å². The van der Waals surface area contributed by atoms with Crippen molar-refractivity contribution < 1.29 is 18.8 Å². The van der Waals surface area contributed by atoms with Crippen molar-refractivity contribution in [3.05, 3.63) is 63.4 Å². The number of hydroxylamine groups is 1. The number of halogens is 4. The fourth-order valence-electron chi connectivity index (χ4n) is 3.06. The highest BCUT2D eigenvalue weighted by molar-refractivity contribution is 6.35. The summed E-state index contributed by atoms with van der Waals surface area (Å²) in [5.74, 6) is -2.07. The molecule has 1 aromatic heterocycles. The van der Waals surface area contributed by atoms with Gasteiger partial charge in [0.25, 0.3) is 0 Å². The normalized spacial score (nSPS) is 12.2. The summed E-state index contributed by atoms with van der Waals surface area (Å²) in [7, 11) is 1.94. The van der Waals surface area contributed by atoms with Gasteiger partial charge in [-0.2, -0.15) is 0 Å². The maximum absolute atomic E-state index is 13.6. The fraction of sp³-hybridized carbons (Fsp3) is 0.400. The van der Waals surface area contributed by atoms with E-state index >= 15 is 0 Å². The Bertz CT molecular complexity index is 799. The molecule has 0 saturated heterocycles. The van der Waals surface area contributed by atoms with E-state index in [0.29, 0.717) is 18.5 Å². The third-order valence-corrected chi connectivity index (χ3v) is 5.12. The summed E-state index contributed by atoms with van der Waals surface area (Å²) in [6.07, 6.45) is 3.55. The first-order valence-electron chi connectivity index (χ1n) is 9.16. The molecule has 9 heteroatoms. The number of amides is 1. The lowest BCUT2D eigenvalue weighted by atomic mass is 9.93. The van der Waals surface area contributed by atoms with E-state index in [9.17, 15) is 13.6 Å². The van der Waals surface area contributed by atoms with Crippen LogP contribution in [0.4, 0.5) is 8.78 Å². The third-order valence-electron chi connectivity index (χ3n) is 4.57. The van der Waals surface area contributed by atoms with Crippen LogP contribution < -0.4 is 5.48 Å². The number of aromatic nitrogens is 1. The Balaban J connectivity index is 1.84. The molecule has 29 heavy (non-hydrogen) atoms. The highest BCUT2D eigenvalue weighted by atomic mass is 35.5. The molecule has 0 spiro atoms. The van der Waals surface area contributed by atoms with Crippen LogP contribution in [-0.4, -0.2) is 34.6 Å². The predicted octanol–water partition coefficient (Wildman–Crippen LogP) is 4.63. The van der Waals surface area contributed by atoms with Crippen molar-refractivity contribution in [1.29, 1.82) is 0 Å². The molecule has 0 radical (unpaired) electrons. The van der Waals surface area contributed by atoms with E-state index in [0.717, 1.165) is 25.1 Å². The van der Waals surface area contributed by atoms with Gasteiger partial charge in [0.15, 0.2) is 5.82 Å². The molecule has 5 nitrogen and oxygen atoms in total. The lowest BCUT2D eigenvalue weighted by Gasteiger charge is -2.18. The summed E-state index contributed by atoms with van der Waals surface area (Å²) in [5, 5.41) is 8.80. The molecule has 2 aromatic rings. The molecule has 0 bridgehead atoms. The van der Waals surface area contributed by atoms with Crippen molar-refractivity contribution in [3.63, 3.8) is 0 Å². The third kappa shape index (κ3) is 7.51. The maximum Gasteiger partial charge on any atom is 0.246 e. The van der Waals surface area contributed by atoms with Crippen molar-refractivity contribution in [2.75, 3.05) is 13.6 Å². The van der Waals surface area contributed by atoms with Gasteiger partial charge in [-0.05, 0) is 62.7 Å². The van der Waals surface area contributed by atoms with Gasteiger partial charge in [-0.1, -0.05) is 29.6 Å². The smallest absolute Gasteiger partial charge is 0.246 e.